The van der Waals surface area contributed by atoms with E-state index in [2.05, 4.69) is 10.1 Å². The molecule has 0 aliphatic rings. The molecule has 0 saturated heterocycles. The van der Waals surface area contributed by atoms with E-state index in [9.17, 15) is 18.5 Å². The third kappa shape index (κ3) is 3.83. The zero-order valence-corrected chi connectivity index (χ0v) is 13.7. The molecule has 1 aromatic carbocycles. The number of rotatable bonds is 6. The molecule has 0 saturated carbocycles. The van der Waals surface area contributed by atoms with Gasteiger partial charge in [-0.25, -0.2) is 8.42 Å². The second kappa shape index (κ2) is 6.32. The van der Waals surface area contributed by atoms with Gasteiger partial charge in [0.2, 0.25) is 5.89 Å². The van der Waals surface area contributed by atoms with Crippen molar-refractivity contribution < 1.29 is 17.9 Å². The molecule has 0 aliphatic heterocycles. The summed E-state index contributed by atoms with van der Waals surface area (Å²) in [5, 5.41) is 14.6. The first-order chi connectivity index (χ1) is 10.7. The number of aryl methyl sites for hydroxylation is 1. The largest absolute Gasteiger partial charge is 0.364 e. The highest BCUT2D eigenvalue weighted by Crippen LogP contribution is 2.29. The molecule has 10 heteroatoms. The van der Waals surface area contributed by atoms with Gasteiger partial charge < -0.3 is 9.42 Å². The Hall–Kier alpha value is -2.49. The molecule has 124 valence electrons. The summed E-state index contributed by atoms with van der Waals surface area (Å²) < 4.78 is 28.9. The number of benzene rings is 1. The monoisotopic (exact) mass is 340 g/mol. The summed E-state index contributed by atoms with van der Waals surface area (Å²) in [6, 6.07) is 3.70. The fourth-order valence-electron chi connectivity index (χ4n) is 2.01. The Balaban J connectivity index is 2.39. The third-order valence-electron chi connectivity index (χ3n) is 3.16. The van der Waals surface area contributed by atoms with Crippen LogP contribution in [0.2, 0.25) is 0 Å². The Morgan fingerprint density at radius 1 is 1.39 bits per heavy atom. The fraction of sp³-hybridized carbons (Fsp3) is 0.385. The van der Waals surface area contributed by atoms with E-state index in [0.717, 1.165) is 12.3 Å². The van der Waals surface area contributed by atoms with Gasteiger partial charge in [0, 0.05) is 31.9 Å². The van der Waals surface area contributed by atoms with E-state index in [-0.39, 0.29) is 17.1 Å². The Labute approximate surface area is 133 Å². The summed E-state index contributed by atoms with van der Waals surface area (Å²) in [5.74, 6) is 0.891. The average Bonchev–Trinajstić information content (AvgIpc) is 2.93. The van der Waals surface area contributed by atoms with E-state index in [1.165, 1.54) is 12.1 Å². The summed E-state index contributed by atoms with van der Waals surface area (Å²) in [4.78, 5) is 15.8. The van der Waals surface area contributed by atoms with E-state index < -0.39 is 14.8 Å². The number of sulfone groups is 1. The van der Waals surface area contributed by atoms with Gasteiger partial charge in [-0.1, -0.05) is 12.1 Å². The predicted molar refractivity (Wildman–Crippen MR) is 82.0 cm³/mol. The van der Waals surface area contributed by atoms with Gasteiger partial charge in [0.05, 0.1) is 22.1 Å². The van der Waals surface area contributed by atoms with Crippen molar-refractivity contribution in [2.24, 2.45) is 0 Å². The molecule has 1 aromatic heterocycles. The first-order valence-corrected chi connectivity index (χ1v) is 8.62. The highest BCUT2D eigenvalue weighted by Gasteiger charge is 2.21. The van der Waals surface area contributed by atoms with Crippen LogP contribution >= 0.6 is 0 Å². The van der Waals surface area contributed by atoms with Crippen LogP contribution < -0.4 is 4.90 Å². The van der Waals surface area contributed by atoms with Gasteiger partial charge in [-0.05, 0) is 6.07 Å². The quantitative estimate of drug-likeness (QED) is 0.574. The second-order valence-electron chi connectivity index (χ2n) is 5.00. The van der Waals surface area contributed by atoms with Crippen LogP contribution in [0.15, 0.2) is 27.6 Å². The zero-order chi connectivity index (χ0) is 17.2. The van der Waals surface area contributed by atoms with Crippen LogP contribution in [0.3, 0.4) is 0 Å². The lowest BCUT2D eigenvalue weighted by molar-refractivity contribution is -0.385. The number of nitrogens with zero attached hydrogens (tertiary/aromatic N) is 4. The van der Waals surface area contributed by atoms with E-state index in [4.69, 9.17) is 4.52 Å². The van der Waals surface area contributed by atoms with Crippen molar-refractivity contribution in [3.05, 3.63) is 40.0 Å². The van der Waals surface area contributed by atoms with Gasteiger partial charge in [0.15, 0.2) is 15.7 Å². The smallest absolute Gasteiger partial charge is 0.270 e. The predicted octanol–water partition coefficient (Wildman–Crippen LogP) is 1.58. The molecular formula is C13H16N4O5S. The van der Waals surface area contributed by atoms with Crippen LogP contribution in [0.4, 0.5) is 11.4 Å². The van der Waals surface area contributed by atoms with E-state index in [1.54, 1.807) is 11.9 Å². The standard InChI is InChI=1S/C13H16N4O5S/c1-4-12-14-13(22-15-12)8-16(2)10-6-5-9(17(18)19)7-11(10)23(3,20)21/h5-7H,4,8H2,1-3H3. The molecule has 23 heavy (non-hydrogen) atoms. The highest BCUT2D eigenvalue weighted by molar-refractivity contribution is 7.90. The maximum atomic E-state index is 11.9. The molecule has 0 N–H and O–H groups in total. The van der Waals surface area contributed by atoms with Crippen molar-refractivity contribution >= 4 is 21.2 Å². The molecule has 0 bridgehead atoms. The fourth-order valence-corrected chi connectivity index (χ4v) is 2.95. The molecule has 0 spiro atoms. The topological polar surface area (TPSA) is 119 Å². The average molecular weight is 340 g/mol. The lowest BCUT2D eigenvalue weighted by Crippen LogP contribution is -2.19. The summed E-state index contributed by atoms with van der Waals surface area (Å²) in [6.45, 7) is 2.07. The lowest BCUT2D eigenvalue weighted by atomic mass is 10.2. The maximum absolute atomic E-state index is 11.9. The number of nitro groups is 1. The van der Waals surface area contributed by atoms with Crippen molar-refractivity contribution in [3.63, 3.8) is 0 Å². The zero-order valence-electron chi connectivity index (χ0n) is 12.9. The Kier molecular flexibility index (Phi) is 4.64. The Bertz CT molecular complexity index is 831. The van der Waals surface area contributed by atoms with Crippen molar-refractivity contribution in [1.82, 2.24) is 10.1 Å². The molecule has 2 aromatic rings. The first kappa shape index (κ1) is 16.9. The van der Waals surface area contributed by atoms with Crippen LogP contribution in [0.5, 0.6) is 0 Å². The van der Waals surface area contributed by atoms with Crippen LogP contribution in [0.25, 0.3) is 0 Å². The minimum atomic E-state index is -3.64. The molecule has 0 amide bonds. The Morgan fingerprint density at radius 2 is 2.09 bits per heavy atom. The minimum absolute atomic E-state index is 0.121. The van der Waals surface area contributed by atoms with Crippen LogP contribution in [0.1, 0.15) is 18.6 Å². The number of hydrogen-bond acceptors (Lipinski definition) is 8. The molecule has 0 unspecified atom stereocenters. The Morgan fingerprint density at radius 3 is 2.61 bits per heavy atom. The number of hydrogen-bond donors (Lipinski definition) is 0. The molecule has 0 aliphatic carbocycles. The van der Waals surface area contributed by atoms with Crippen molar-refractivity contribution in [1.29, 1.82) is 0 Å². The molecule has 9 nitrogen and oxygen atoms in total. The molecular weight excluding hydrogens is 324 g/mol. The van der Waals surface area contributed by atoms with Gasteiger partial charge in [-0.3, -0.25) is 10.1 Å². The molecule has 1 heterocycles. The summed E-state index contributed by atoms with van der Waals surface area (Å²) in [7, 11) is -1.99. The van der Waals surface area contributed by atoms with E-state index in [0.29, 0.717) is 23.8 Å². The molecule has 0 atom stereocenters. The molecule has 0 radical (unpaired) electrons. The second-order valence-corrected chi connectivity index (χ2v) is 6.98. The van der Waals surface area contributed by atoms with E-state index >= 15 is 0 Å². The van der Waals surface area contributed by atoms with Crippen molar-refractivity contribution in [2.75, 3.05) is 18.2 Å². The third-order valence-corrected chi connectivity index (χ3v) is 4.29. The number of aromatic nitrogens is 2. The van der Waals surface area contributed by atoms with Crippen molar-refractivity contribution in [3.8, 4) is 0 Å². The molecule has 2 rings (SSSR count). The number of non-ortho nitro benzene ring substituents is 1. The number of anilines is 1. The van der Waals surface area contributed by atoms with Crippen LogP contribution in [0, 0.1) is 10.1 Å². The van der Waals surface area contributed by atoms with Gasteiger partial charge in [-0.15, -0.1) is 0 Å². The summed E-state index contributed by atoms with van der Waals surface area (Å²) >= 11 is 0. The SMILES string of the molecule is CCc1noc(CN(C)c2ccc([N+](=O)[O-])cc2S(C)(=O)=O)n1. The molecule has 0 fully saturated rings. The van der Waals surface area contributed by atoms with Gasteiger partial charge >= 0.3 is 0 Å². The minimum Gasteiger partial charge on any atom is -0.364 e. The lowest BCUT2D eigenvalue weighted by Gasteiger charge is -2.19. The number of nitro benzene ring substituents is 1. The highest BCUT2D eigenvalue weighted by atomic mass is 32.2. The maximum Gasteiger partial charge on any atom is 0.270 e. The summed E-state index contributed by atoms with van der Waals surface area (Å²) in [5.41, 5.74) is 0.0444. The first-order valence-electron chi connectivity index (χ1n) is 6.73. The van der Waals surface area contributed by atoms with Crippen LogP contribution in [-0.4, -0.2) is 36.8 Å². The van der Waals surface area contributed by atoms with E-state index in [1.807, 2.05) is 6.92 Å². The van der Waals surface area contributed by atoms with Crippen LogP contribution in [-0.2, 0) is 22.8 Å². The normalized spacial score (nSPS) is 11.4. The summed E-state index contributed by atoms with van der Waals surface area (Å²) in [6.07, 6.45) is 1.63. The van der Waals surface area contributed by atoms with Gasteiger partial charge in [0.25, 0.3) is 5.69 Å². The van der Waals surface area contributed by atoms with Gasteiger partial charge in [0.1, 0.15) is 0 Å². The van der Waals surface area contributed by atoms with Crippen molar-refractivity contribution in [2.45, 2.75) is 24.8 Å². The van der Waals surface area contributed by atoms with Gasteiger partial charge in [-0.2, -0.15) is 4.98 Å².